The largest absolute Gasteiger partial charge is 0.291 e. The van der Waals surface area contributed by atoms with E-state index in [0.29, 0.717) is 10.6 Å². The molecule has 6 nitrogen and oxygen atoms in total. The maximum atomic E-state index is 13.1. The summed E-state index contributed by atoms with van der Waals surface area (Å²) in [5, 5.41) is 11.2. The minimum Gasteiger partial charge on any atom is -0.291 e. The van der Waals surface area contributed by atoms with Crippen LogP contribution in [0.1, 0.15) is 21.3 Å². The van der Waals surface area contributed by atoms with E-state index < -0.39 is 4.92 Å². The maximum Gasteiger partial charge on any atom is 0.269 e. The van der Waals surface area contributed by atoms with Crippen molar-refractivity contribution < 1.29 is 9.72 Å². The van der Waals surface area contributed by atoms with E-state index in [1.807, 2.05) is 30.3 Å². The standard InChI is InChI=1S/C19H13N3O3S/c23-18-16-7-4-12-20-17(16)26-19(21(18)14-5-2-1-3-6-14)13-8-10-15(11-9-13)22(24)25/h1-12,19H. The molecule has 0 fully saturated rings. The Balaban J connectivity index is 1.82. The van der Waals surface area contributed by atoms with Gasteiger partial charge in [-0.1, -0.05) is 30.0 Å². The third-order valence-corrected chi connectivity index (χ3v) is 5.36. The second kappa shape index (κ2) is 6.61. The van der Waals surface area contributed by atoms with E-state index in [-0.39, 0.29) is 17.0 Å². The number of fused-ring (bicyclic) bond motifs is 1. The lowest BCUT2D eigenvalue weighted by Gasteiger charge is -2.35. The SMILES string of the molecule is O=C1c2cccnc2SC(c2ccc([N+](=O)[O-])cc2)N1c1ccccc1. The van der Waals surface area contributed by atoms with E-state index in [0.717, 1.165) is 11.3 Å². The number of nitrogens with zero attached hydrogens (tertiary/aromatic N) is 3. The van der Waals surface area contributed by atoms with Gasteiger partial charge in [-0.25, -0.2) is 4.98 Å². The molecule has 1 unspecified atom stereocenters. The van der Waals surface area contributed by atoms with Gasteiger partial charge in [0.05, 0.1) is 10.5 Å². The average molecular weight is 363 g/mol. The highest BCUT2D eigenvalue weighted by Crippen LogP contribution is 2.45. The summed E-state index contributed by atoms with van der Waals surface area (Å²) in [6, 6.07) is 19.2. The Morgan fingerprint density at radius 2 is 1.73 bits per heavy atom. The lowest BCUT2D eigenvalue weighted by atomic mass is 10.1. The van der Waals surface area contributed by atoms with Gasteiger partial charge in [-0.05, 0) is 42.0 Å². The summed E-state index contributed by atoms with van der Waals surface area (Å²) >= 11 is 1.46. The van der Waals surface area contributed by atoms with Crippen molar-refractivity contribution in [2.24, 2.45) is 0 Å². The summed E-state index contributed by atoms with van der Waals surface area (Å²) < 4.78 is 0. The normalized spacial score (nSPS) is 16.2. The van der Waals surface area contributed by atoms with Crippen LogP contribution in [0, 0.1) is 10.1 Å². The predicted molar refractivity (Wildman–Crippen MR) is 99.2 cm³/mol. The molecule has 0 N–H and O–H groups in total. The van der Waals surface area contributed by atoms with E-state index in [2.05, 4.69) is 4.98 Å². The van der Waals surface area contributed by atoms with Crippen molar-refractivity contribution in [3.63, 3.8) is 0 Å². The van der Waals surface area contributed by atoms with Gasteiger partial charge in [0, 0.05) is 24.0 Å². The zero-order valence-electron chi connectivity index (χ0n) is 13.5. The molecular weight excluding hydrogens is 350 g/mol. The van der Waals surface area contributed by atoms with Crippen LogP contribution in [0.2, 0.25) is 0 Å². The number of nitro benzene ring substituents is 1. The molecule has 0 spiro atoms. The summed E-state index contributed by atoms with van der Waals surface area (Å²) in [4.78, 5) is 29.7. The number of rotatable bonds is 3. The monoisotopic (exact) mass is 363 g/mol. The van der Waals surface area contributed by atoms with Crippen LogP contribution in [0.5, 0.6) is 0 Å². The minimum absolute atomic E-state index is 0.0191. The minimum atomic E-state index is -0.436. The van der Waals surface area contributed by atoms with Crippen molar-refractivity contribution >= 4 is 29.0 Å². The number of carbonyl (C=O) groups excluding carboxylic acids is 1. The maximum absolute atomic E-state index is 13.1. The van der Waals surface area contributed by atoms with Crippen molar-refractivity contribution in [3.05, 3.63) is 94.2 Å². The van der Waals surface area contributed by atoms with Crippen molar-refractivity contribution in [2.45, 2.75) is 10.4 Å². The second-order valence-corrected chi connectivity index (χ2v) is 6.75. The number of aromatic nitrogens is 1. The first-order valence-electron chi connectivity index (χ1n) is 7.90. The number of hydrogen-bond acceptors (Lipinski definition) is 5. The molecule has 0 saturated carbocycles. The summed E-state index contributed by atoms with van der Waals surface area (Å²) in [5.41, 5.74) is 2.14. The van der Waals surface area contributed by atoms with E-state index in [1.54, 1.807) is 35.4 Å². The Kier molecular flexibility index (Phi) is 4.14. The average Bonchev–Trinajstić information content (AvgIpc) is 2.68. The van der Waals surface area contributed by atoms with Crippen molar-refractivity contribution in [1.82, 2.24) is 4.98 Å². The van der Waals surface area contributed by atoms with Crippen molar-refractivity contribution in [1.29, 1.82) is 0 Å². The Bertz CT molecular complexity index is 977. The lowest BCUT2D eigenvalue weighted by molar-refractivity contribution is -0.384. The van der Waals surface area contributed by atoms with Gasteiger partial charge in [-0.3, -0.25) is 19.8 Å². The van der Waals surface area contributed by atoms with Crippen LogP contribution >= 0.6 is 11.8 Å². The smallest absolute Gasteiger partial charge is 0.269 e. The number of benzene rings is 2. The number of anilines is 1. The summed E-state index contributed by atoms with van der Waals surface area (Å²) in [7, 11) is 0. The zero-order valence-corrected chi connectivity index (χ0v) is 14.3. The molecule has 1 amide bonds. The number of amides is 1. The van der Waals surface area contributed by atoms with Crippen LogP contribution in [0.4, 0.5) is 11.4 Å². The lowest BCUT2D eigenvalue weighted by Crippen LogP contribution is -2.37. The molecule has 2 heterocycles. The topological polar surface area (TPSA) is 76.3 Å². The number of para-hydroxylation sites is 1. The Hall–Kier alpha value is -3.19. The highest BCUT2D eigenvalue weighted by atomic mass is 32.2. The molecule has 4 rings (SSSR count). The molecule has 0 aliphatic carbocycles. The molecule has 7 heteroatoms. The molecule has 3 aromatic rings. The molecule has 0 radical (unpaired) electrons. The van der Waals surface area contributed by atoms with Gasteiger partial charge < -0.3 is 0 Å². The first-order valence-corrected chi connectivity index (χ1v) is 8.78. The summed E-state index contributed by atoms with van der Waals surface area (Å²) in [6.07, 6.45) is 1.66. The van der Waals surface area contributed by atoms with Crippen LogP contribution in [-0.4, -0.2) is 15.8 Å². The molecule has 0 bridgehead atoms. The highest BCUT2D eigenvalue weighted by Gasteiger charge is 2.35. The molecule has 2 aromatic carbocycles. The third-order valence-electron chi connectivity index (χ3n) is 4.10. The van der Waals surface area contributed by atoms with Gasteiger partial charge in [-0.15, -0.1) is 0 Å². The number of pyridine rings is 1. The fourth-order valence-electron chi connectivity index (χ4n) is 2.86. The van der Waals surface area contributed by atoms with Crippen LogP contribution in [-0.2, 0) is 0 Å². The van der Waals surface area contributed by atoms with Gasteiger partial charge in [0.2, 0.25) is 0 Å². The van der Waals surface area contributed by atoms with Gasteiger partial charge >= 0.3 is 0 Å². The summed E-state index contributed by atoms with van der Waals surface area (Å²) in [5.74, 6) is -0.138. The zero-order chi connectivity index (χ0) is 18.1. The Labute approximate surface area is 153 Å². The highest BCUT2D eigenvalue weighted by molar-refractivity contribution is 7.99. The van der Waals surface area contributed by atoms with Crippen LogP contribution in [0.3, 0.4) is 0 Å². The Morgan fingerprint density at radius 3 is 2.42 bits per heavy atom. The van der Waals surface area contributed by atoms with Crippen molar-refractivity contribution in [3.8, 4) is 0 Å². The van der Waals surface area contributed by atoms with Gasteiger partial charge in [0.1, 0.15) is 10.4 Å². The molecule has 26 heavy (non-hydrogen) atoms. The molecule has 1 aliphatic rings. The predicted octanol–water partition coefficient (Wildman–Crippen LogP) is 4.44. The second-order valence-electron chi connectivity index (χ2n) is 5.69. The van der Waals surface area contributed by atoms with E-state index >= 15 is 0 Å². The molecule has 0 saturated heterocycles. The quantitative estimate of drug-likeness (QED) is 0.508. The van der Waals surface area contributed by atoms with Gasteiger partial charge in [0.15, 0.2) is 0 Å². The number of carbonyl (C=O) groups is 1. The Morgan fingerprint density at radius 1 is 1.00 bits per heavy atom. The summed E-state index contributed by atoms with van der Waals surface area (Å²) in [6.45, 7) is 0. The first-order chi connectivity index (χ1) is 12.6. The molecule has 1 aliphatic heterocycles. The van der Waals surface area contributed by atoms with Crippen LogP contribution in [0.15, 0.2) is 78.0 Å². The number of thioether (sulfide) groups is 1. The fraction of sp³-hybridized carbons (Fsp3) is 0.0526. The fourth-order valence-corrected chi connectivity index (χ4v) is 4.09. The van der Waals surface area contributed by atoms with E-state index in [1.165, 1.54) is 23.9 Å². The number of hydrogen-bond donors (Lipinski definition) is 0. The molecule has 1 atom stereocenters. The molecule has 1 aromatic heterocycles. The van der Waals surface area contributed by atoms with E-state index in [9.17, 15) is 14.9 Å². The first kappa shape index (κ1) is 16.3. The van der Waals surface area contributed by atoms with Gasteiger partial charge in [0.25, 0.3) is 11.6 Å². The van der Waals surface area contributed by atoms with E-state index in [4.69, 9.17) is 0 Å². The van der Waals surface area contributed by atoms with Gasteiger partial charge in [-0.2, -0.15) is 0 Å². The number of non-ortho nitro benzene ring substituents is 1. The van der Waals surface area contributed by atoms with Crippen LogP contribution < -0.4 is 4.90 Å². The molecular formula is C19H13N3O3S. The number of nitro groups is 1. The van der Waals surface area contributed by atoms with Crippen molar-refractivity contribution in [2.75, 3.05) is 4.90 Å². The third kappa shape index (κ3) is 2.82. The van der Waals surface area contributed by atoms with Crippen LogP contribution in [0.25, 0.3) is 0 Å². The molecule has 128 valence electrons.